The third-order valence-electron chi connectivity index (χ3n) is 4.03. The first-order chi connectivity index (χ1) is 13.5. The molecule has 4 heteroatoms. The molecule has 0 aliphatic heterocycles. The minimum Gasteiger partial charge on any atom is -0.508 e. The van der Waals surface area contributed by atoms with Crippen LogP contribution in [0.1, 0.15) is 0 Å². The predicted octanol–water partition coefficient (Wildman–Crippen LogP) is 7.43. The van der Waals surface area contributed by atoms with Gasteiger partial charge in [-0.3, -0.25) is 0 Å². The molecule has 140 valence electrons. The number of hydrogen-bond acceptors (Lipinski definition) is 2. The van der Waals surface area contributed by atoms with Gasteiger partial charge in [-0.2, -0.15) is 0 Å². The summed E-state index contributed by atoms with van der Waals surface area (Å²) in [5.74, 6) is 0.542. The summed E-state index contributed by atoms with van der Waals surface area (Å²) in [4.78, 5) is 0. The van der Waals surface area contributed by atoms with E-state index in [1.54, 1.807) is 24.3 Å². The monoisotopic (exact) mass is 408 g/mol. The second kappa shape index (κ2) is 9.32. The molecule has 4 aromatic rings. The number of hydrogen-bond donors (Lipinski definition) is 2. The van der Waals surface area contributed by atoms with Crippen molar-refractivity contribution in [3.05, 3.63) is 107 Å². The van der Waals surface area contributed by atoms with Crippen LogP contribution >= 0.6 is 23.2 Å². The number of halogens is 2. The molecule has 28 heavy (non-hydrogen) atoms. The maximum absolute atomic E-state index is 9.31. The van der Waals surface area contributed by atoms with E-state index < -0.39 is 0 Å². The Morgan fingerprint density at radius 2 is 0.893 bits per heavy atom. The maximum atomic E-state index is 9.31. The van der Waals surface area contributed by atoms with Crippen molar-refractivity contribution in [1.82, 2.24) is 0 Å². The molecule has 0 spiro atoms. The lowest BCUT2D eigenvalue weighted by molar-refractivity contribution is 0.475. The van der Waals surface area contributed by atoms with Gasteiger partial charge in [-0.15, -0.1) is 0 Å². The zero-order chi connectivity index (χ0) is 19.9. The molecule has 0 radical (unpaired) electrons. The molecule has 0 heterocycles. The van der Waals surface area contributed by atoms with E-state index in [4.69, 9.17) is 23.2 Å². The molecular formula is C24H18Cl2O2. The second-order valence-electron chi connectivity index (χ2n) is 6.12. The first-order valence-electron chi connectivity index (χ1n) is 8.61. The Morgan fingerprint density at radius 3 is 1.39 bits per heavy atom. The van der Waals surface area contributed by atoms with Crippen molar-refractivity contribution < 1.29 is 10.2 Å². The Kier molecular flexibility index (Phi) is 6.59. The first kappa shape index (κ1) is 19.8. The zero-order valence-electron chi connectivity index (χ0n) is 14.9. The minimum absolute atomic E-state index is 0.266. The van der Waals surface area contributed by atoms with Crippen LogP contribution in [0.25, 0.3) is 22.3 Å². The molecule has 0 amide bonds. The van der Waals surface area contributed by atoms with Crippen LogP contribution in [-0.2, 0) is 0 Å². The highest BCUT2D eigenvalue weighted by Crippen LogP contribution is 2.25. The van der Waals surface area contributed by atoms with E-state index >= 15 is 0 Å². The van der Waals surface area contributed by atoms with Crippen molar-refractivity contribution in [2.24, 2.45) is 0 Å². The van der Waals surface area contributed by atoms with Crippen molar-refractivity contribution in [1.29, 1.82) is 0 Å². The molecule has 0 aromatic heterocycles. The van der Waals surface area contributed by atoms with Crippen molar-refractivity contribution in [3.8, 4) is 33.8 Å². The summed E-state index contributed by atoms with van der Waals surface area (Å²) in [6.07, 6.45) is 0. The van der Waals surface area contributed by atoms with Gasteiger partial charge in [-0.25, -0.2) is 0 Å². The number of benzene rings is 4. The third-order valence-corrected chi connectivity index (χ3v) is 4.51. The average molecular weight is 409 g/mol. The van der Waals surface area contributed by atoms with Crippen molar-refractivity contribution >= 4 is 23.2 Å². The lowest BCUT2D eigenvalue weighted by Crippen LogP contribution is -1.76. The Hall–Kier alpha value is -2.94. The highest BCUT2D eigenvalue weighted by Gasteiger charge is 1.99. The zero-order valence-corrected chi connectivity index (χ0v) is 16.4. The van der Waals surface area contributed by atoms with E-state index in [9.17, 15) is 10.2 Å². The van der Waals surface area contributed by atoms with Gasteiger partial charge in [0.25, 0.3) is 0 Å². The number of aromatic hydroxyl groups is 2. The van der Waals surface area contributed by atoms with Gasteiger partial charge in [0.1, 0.15) is 11.5 Å². The summed E-state index contributed by atoms with van der Waals surface area (Å²) in [6, 6.07) is 29.3. The summed E-state index contributed by atoms with van der Waals surface area (Å²) < 4.78 is 0. The Balaban J connectivity index is 0.000000161. The summed E-state index contributed by atoms with van der Waals surface area (Å²) in [7, 11) is 0. The van der Waals surface area contributed by atoms with E-state index in [1.807, 2.05) is 72.8 Å². The van der Waals surface area contributed by atoms with Crippen LogP contribution in [0, 0.1) is 0 Å². The Morgan fingerprint density at radius 1 is 0.429 bits per heavy atom. The van der Waals surface area contributed by atoms with Crippen LogP contribution in [0.3, 0.4) is 0 Å². The molecule has 2 N–H and O–H groups in total. The molecule has 0 bridgehead atoms. The normalized spacial score (nSPS) is 10.1. The van der Waals surface area contributed by atoms with Gasteiger partial charge < -0.3 is 10.2 Å². The highest BCUT2D eigenvalue weighted by molar-refractivity contribution is 6.31. The largest absolute Gasteiger partial charge is 0.508 e. The van der Waals surface area contributed by atoms with Crippen molar-refractivity contribution in [2.45, 2.75) is 0 Å². The van der Waals surface area contributed by atoms with E-state index in [0.717, 1.165) is 22.3 Å². The first-order valence-corrected chi connectivity index (χ1v) is 9.37. The van der Waals surface area contributed by atoms with Gasteiger partial charge in [-0.1, -0.05) is 71.7 Å². The van der Waals surface area contributed by atoms with Gasteiger partial charge in [0.15, 0.2) is 0 Å². The molecule has 0 atom stereocenters. The molecule has 0 unspecified atom stereocenters. The average Bonchev–Trinajstić information content (AvgIpc) is 2.69. The van der Waals surface area contributed by atoms with Crippen LogP contribution in [0.5, 0.6) is 11.5 Å². The number of phenols is 2. The lowest BCUT2D eigenvalue weighted by atomic mass is 10.1. The standard InChI is InChI=1S/2C12H9ClO/c13-11-5-1-3-9(7-11)10-4-2-6-12(14)8-10;13-11-6-4-9(5-7-11)10-2-1-3-12(14)8-10/h2*1-8,14H. The van der Waals surface area contributed by atoms with Gasteiger partial charge in [0.2, 0.25) is 0 Å². The van der Waals surface area contributed by atoms with Gasteiger partial charge in [-0.05, 0) is 70.8 Å². The Labute approximate surface area is 174 Å². The van der Waals surface area contributed by atoms with Crippen LogP contribution in [0.4, 0.5) is 0 Å². The van der Waals surface area contributed by atoms with Crippen LogP contribution in [0.15, 0.2) is 97.1 Å². The quantitative estimate of drug-likeness (QED) is 0.362. The predicted molar refractivity (Wildman–Crippen MR) is 117 cm³/mol. The fourth-order valence-electron chi connectivity index (χ4n) is 2.68. The molecule has 4 rings (SSSR count). The summed E-state index contributed by atoms with van der Waals surface area (Å²) >= 11 is 11.7. The minimum atomic E-state index is 0.266. The summed E-state index contributed by atoms with van der Waals surface area (Å²) in [5.41, 5.74) is 4.01. The lowest BCUT2D eigenvalue weighted by Gasteiger charge is -2.02. The number of phenolic OH excluding ortho intramolecular Hbond substituents is 2. The van der Waals surface area contributed by atoms with Gasteiger partial charge >= 0.3 is 0 Å². The topological polar surface area (TPSA) is 40.5 Å². The number of rotatable bonds is 2. The summed E-state index contributed by atoms with van der Waals surface area (Å²) in [6.45, 7) is 0. The van der Waals surface area contributed by atoms with E-state index in [-0.39, 0.29) is 11.5 Å². The van der Waals surface area contributed by atoms with E-state index in [2.05, 4.69) is 0 Å². The molecule has 4 aromatic carbocycles. The Bertz CT molecular complexity index is 1020. The fourth-order valence-corrected chi connectivity index (χ4v) is 3.00. The molecule has 0 aliphatic carbocycles. The van der Waals surface area contributed by atoms with Crippen LogP contribution < -0.4 is 0 Å². The van der Waals surface area contributed by atoms with Crippen LogP contribution in [0.2, 0.25) is 10.0 Å². The SMILES string of the molecule is Oc1cccc(-c2ccc(Cl)cc2)c1.Oc1cccc(-c2cccc(Cl)c2)c1. The maximum Gasteiger partial charge on any atom is 0.116 e. The summed E-state index contributed by atoms with van der Waals surface area (Å²) in [5, 5.41) is 20.0. The van der Waals surface area contributed by atoms with Crippen LogP contribution in [-0.4, -0.2) is 10.2 Å². The molecule has 2 nitrogen and oxygen atoms in total. The smallest absolute Gasteiger partial charge is 0.116 e. The molecular weight excluding hydrogens is 391 g/mol. The molecule has 0 fully saturated rings. The van der Waals surface area contributed by atoms with E-state index in [1.165, 1.54) is 0 Å². The van der Waals surface area contributed by atoms with Gasteiger partial charge in [0.05, 0.1) is 0 Å². The molecule has 0 saturated carbocycles. The molecule has 0 saturated heterocycles. The van der Waals surface area contributed by atoms with Crippen molar-refractivity contribution in [3.63, 3.8) is 0 Å². The third kappa shape index (κ3) is 5.53. The molecule has 0 aliphatic rings. The van der Waals surface area contributed by atoms with Gasteiger partial charge in [0, 0.05) is 10.0 Å². The van der Waals surface area contributed by atoms with Crippen molar-refractivity contribution in [2.75, 3.05) is 0 Å². The highest BCUT2D eigenvalue weighted by atomic mass is 35.5. The van der Waals surface area contributed by atoms with E-state index in [0.29, 0.717) is 10.0 Å². The second-order valence-corrected chi connectivity index (χ2v) is 6.99. The fraction of sp³-hybridized carbons (Fsp3) is 0.